The summed E-state index contributed by atoms with van der Waals surface area (Å²) in [4.78, 5) is 27.8. The molecular weight excluding hydrogens is 222 g/mol. The largest absolute Gasteiger partial charge is 0.435 e. The maximum Gasteiger partial charge on any atom is 0.356 e. The van der Waals surface area contributed by atoms with Crippen LogP contribution in [0.5, 0.6) is 0 Å². The van der Waals surface area contributed by atoms with Crippen molar-refractivity contribution in [3.05, 3.63) is 42.0 Å². The second-order valence-corrected chi connectivity index (χ2v) is 3.79. The highest BCUT2D eigenvalue weighted by Crippen LogP contribution is 2.33. The summed E-state index contributed by atoms with van der Waals surface area (Å²) in [5.74, 6) is -1.12. The number of hydroxylamine groups is 1. The van der Waals surface area contributed by atoms with E-state index in [1.807, 2.05) is 24.3 Å². The first-order valence-electron chi connectivity index (χ1n) is 5.22. The van der Waals surface area contributed by atoms with Crippen LogP contribution in [-0.2, 0) is 25.6 Å². The summed E-state index contributed by atoms with van der Waals surface area (Å²) < 4.78 is 5.17. The predicted octanol–water partition coefficient (Wildman–Crippen LogP) is 0.946. The summed E-state index contributed by atoms with van der Waals surface area (Å²) in [5.41, 5.74) is 1.74. The van der Waals surface area contributed by atoms with Crippen molar-refractivity contribution in [3.63, 3.8) is 0 Å². The highest BCUT2D eigenvalue weighted by molar-refractivity contribution is 5.93. The summed E-state index contributed by atoms with van der Waals surface area (Å²) in [6.07, 6.45) is 2.07. The van der Waals surface area contributed by atoms with Crippen LogP contribution in [-0.4, -0.2) is 18.2 Å². The fraction of sp³-hybridized carbons (Fsp3) is 0.167. The van der Waals surface area contributed by atoms with Crippen molar-refractivity contribution in [2.75, 3.05) is 5.06 Å². The monoisotopic (exact) mass is 231 g/mol. The van der Waals surface area contributed by atoms with Crippen LogP contribution in [0.1, 0.15) is 5.56 Å². The molecule has 1 atom stereocenters. The number of benzene rings is 1. The molecule has 0 fully saturated rings. The van der Waals surface area contributed by atoms with Crippen LogP contribution in [0.25, 0.3) is 0 Å². The van der Waals surface area contributed by atoms with E-state index in [1.165, 1.54) is 5.06 Å². The number of para-hydroxylation sites is 1. The number of hydrogen-bond donors (Lipinski definition) is 0. The van der Waals surface area contributed by atoms with Gasteiger partial charge in [-0.2, -0.15) is 5.06 Å². The second kappa shape index (κ2) is 3.62. The third kappa shape index (κ3) is 1.65. The lowest BCUT2D eigenvalue weighted by atomic mass is 10.2. The molecule has 86 valence electrons. The highest BCUT2D eigenvalue weighted by Gasteiger charge is 2.35. The van der Waals surface area contributed by atoms with E-state index in [0.717, 1.165) is 23.4 Å². The van der Waals surface area contributed by atoms with Gasteiger partial charge in [0.1, 0.15) is 0 Å². The van der Waals surface area contributed by atoms with E-state index in [-0.39, 0.29) is 0 Å². The minimum atomic E-state index is -0.580. The topological polar surface area (TPSA) is 55.8 Å². The first kappa shape index (κ1) is 9.89. The van der Waals surface area contributed by atoms with E-state index < -0.39 is 18.2 Å². The highest BCUT2D eigenvalue weighted by atomic mass is 16.7. The van der Waals surface area contributed by atoms with Gasteiger partial charge in [0.2, 0.25) is 6.23 Å². The summed E-state index contributed by atoms with van der Waals surface area (Å²) in [6.45, 7) is 0. The van der Waals surface area contributed by atoms with Crippen LogP contribution < -0.4 is 5.06 Å². The molecule has 0 radical (unpaired) electrons. The summed E-state index contributed by atoms with van der Waals surface area (Å²) in [7, 11) is 0. The van der Waals surface area contributed by atoms with E-state index in [0.29, 0.717) is 6.42 Å². The summed E-state index contributed by atoms with van der Waals surface area (Å²) >= 11 is 0. The zero-order valence-electron chi connectivity index (χ0n) is 8.83. The first-order chi connectivity index (χ1) is 8.24. The zero-order chi connectivity index (χ0) is 11.8. The van der Waals surface area contributed by atoms with Crippen LogP contribution in [0.4, 0.5) is 5.69 Å². The van der Waals surface area contributed by atoms with E-state index >= 15 is 0 Å². The molecular formula is C12H9NO4. The lowest BCUT2D eigenvalue weighted by Crippen LogP contribution is -2.38. The molecule has 1 unspecified atom stereocenters. The third-order valence-electron chi connectivity index (χ3n) is 2.68. The van der Waals surface area contributed by atoms with Gasteiger partial charge in [0.25, 0.3) is 0 Å². The molecule has 0 saturated heterocycles. The number of carbonyl (C=O) groups is 2. The van der Waals surface area contributed by atoms with Gasteiger partial charge in [-0.15, -0.1) is 0 Å². The minimum Gasteiger partial charge on any atom is -0.435 e. The Morgan fingerprint density at radius 1 is 1.12 bits per heavy atom. The SMILES string of the molecule is O=C1/C=C/C(=O)ON2c3ccccc3CC2O1. The van der Waals surface area contributed by atoms with Crippen LogP contribution in [0.15, 0.2) is 36.4 Å². The Kier molecular flexibility index (Phi) is 2.11. The second-order valence-electron chi connectivity index (χ2n) is 3.79. The maximum absolute atomic E-state index is 11.4. The molecule has 0 aliphatic carbocycles. The quantitative estimate of drug-likeness (QED) is 0.622. The molecule has 5 heteroatoms. The van der Waals surface area contributed by atoms with Gasteiger partial charge in [-0.3, -0.25) is 0 Å². The molecule has 1 aromatic carbocycles. The number of rotatable bonds is 0. The van der Waals surface area contributed by atoms with Crippen molar-refractivity contribution >= 4 is 17.6 Å². The molecule has 2 aliphatic rings. The number of nitrogens with zero attached hydrogens (tertiary/aromatic N) is 1. The van der Waals surface area contributed by atoms with Gasteiger partial charge in [-0.1, -0.05) is 18.2 Å². The van der Waals surface area contributed by atoms with Crippen molar-refractivity contribution in [1.29, 1.82) is 0 Å². The van der Waals surface area contributed by atoms with Crippen molar-refractivity contribution in [2.45, 2.75) is 12.6 Å². The van der Waals surface area contributed by atoms with Crippen LogP contribution in [0, 0.1) is 0 Å². The van der Waals surface area contributed by atoms with Crippen LogP contribution >= 0.6 is 0 Å². The van der Waals surface area contributed by atoms with Gasteiger partial charge in [0.05, 0.1) is 5.69 Å². The Bertz CT molecular complexity index is 523. The lowest BCUT2D eigenvalue weighted by molar-refractivity contribution is -0.156. The number of carbonyl (C=O) groups excluding carboxylic acids is 2. The molecule has 0 bridgehead atoms. The molecule has 3 rings (SSSR count). The van der Waals surface area contributed by atoms with Crippen molar-refractivity contribution in [1.82, 2.24) is 0 Å². The molecule has 1 aromatic rings. The number of hydrogen-bond acceptors (Lipinski definition) is 5. The Morgan fingerprint density at radius 3 is 2.76 bits per heavy atom. The molecule has 0 amide bonds. The van der Waals surface area contributed by atoms with Crippen LogP contribution in [0.3, 0.4) is 0 Å². The molecule has 0 spiro atoms. The lowest BCUT2D eigenvalue weighted by Gasteiger charge is -2.25. The number of esters is 1. The van der Waals surface area contributed by atoms with Crippen molar-refractivity contribution in [2.24, 2.45) is 0 Å². The zero-order valence-corrected chi connectivity index (χ0v) is 8.83. The minimum absolute atomic E-state index is 0.517. The molecule has 5 nitrogen and oxygen atoms in total. The van der Waals surface area contributed by atoms with Gasteiger partial charge in [0.15, 0.2) is 0 Å². The fourth-order valence-electron chi connectivity index (χ4n) is 1.96. The Morgan fingerprint density at radius 2 is 1.88 bits per heavy atom. The average molecular weight is 231 g/mol. The van der Waals surface area contributed by atoms with Crippen molar-refractivity contribution < 1.29 is 19.2 Å². The van der Waals surface area contributed by atoms with E-state index in [1.54, 1.807) is 0 Å². The Labute approximate surface area is 97.2 Å². The molecule has 2 aliphatic heterocycles. The van der Waals surface area contributed by atoms with Crippen molar-refractivity contribution in [3.8, 4) is 0 Å². The molecule has 0 saturated carbocycles. The normalized spacial score (nSPS) is 24.0. The standard InChI is InChI=1S/C12H9NO4/c14-11-5-6-12(15)17-13-9-4-2-1-3-8(9)7-10(13)16-11/h1-6,10H,7H2/b6-5+. The van der Waals surface area contributed by atoms with Gasteiger partial charge in [0, 0.05) is 18.6 Å². The maximum atomic E-state index is 11.4. The predicted molar refractivity (Wildman–Crippen MR) is 57.7 cm³/mol. The molecule has 2 heterocycles. The molecule has 0 aromatic heterocycles. The van der Waals surface area contributed by atoms with E-state index in [9.17, 15) is 9.59 Å². The Balaban J connectivity index is 2.00. The van der Waals surface area contributed by atoms with E-state index in [2.05, 4.69) is 0 Å². The van der Waals surface area contributed by atoms with Gasteiger partial charge < -0.3 is 9.57 Å². The summed E-state index contributed by atoms with van der Waals surface area (Å²) in [5, 5.41) is 1.35. The average Bonchev–Trinajstić information content (AvgIpc) is 2.63. The van der Waals surface area contributed by atoms with Gasteiger partial charge >= 0.3 is 11.9 Å². The van der Waals surface area contributed by atoms with Gasteiger partial charge in [-0.25, -0.2) is 9.59 Å². The molecule has 17 heavy (non-hydrogen) atoms. The Hall–Kier alpha value is -2.30. The van der Waals surface area contributed by atoms with Gasteiger partial charge in [-0.05, 0) is 11.6 Å². The fourth-order valence-corrected chi connectivity index (χ4v) is 1.96. The number of anilines is 1. The first-order valence-corrected chi connectivity index (χ1v) is 5.22. The number of ether oxygens (including phenoxy) is 1. The third-order valence-corrected chi connectivity index (χ3v) is 2.68. The smallest absolute Gasteiger partial charge is 0.356 e. The van der Waals surface area contributed by atoms with Crippen LogP contribution in [0.2, 0.25) is 0 Å². The number of fused-ring (bicyclic) bond motifs is 3. The molecule has 0 N–H and O–H groups in total. The van der Waals surface area contributed by atoms with E-state index in [4.69, 9.17) is 9.57 Å². The summed E-state index contributed by atoms with van der Waals surface area (Å²) in [6, 6.07) is 7.46.